The molecule has 0 aliphatic heterocycles. The van der Waals surface area contributed by atoms with Crippen molar-refractivity contribution in [1.82, 2.24) is 9.78 Å². The quantitative estimate of drug-likeness (QED) is 0.772. The maximum atomic E-state index is 11.6. The van der Waals surface area contributed by atoms with Crippen LogP contribution in [0.5, 0.6) is 0 Å². The number of aromatic amines is 1. The number of hydrogen-bond donors (Lipinski definition) is 2. The van der Waals surface area contributed by atoms with Crippen LogP contribution in [0, 0.1) is 6.92 Å². The van der Waals surface area contributed by atoms with Gasteiger partial charge < -0.3 is 5.73 Å². The molecule has 0 aliphatic carbocycles. The third kappa shape index (κ3) is 1.89. The molecule has 5 heteroatoms. The first-order chi connectivity index (χ1) is 6.70. The molecule has 0 radical (unpaired) electrons. The van der Waals surface area contributed by atoms with Crippen molar-refractivity contribution in [3.63, 3.8) is 0 Å². The molecule has 0 unspecified atom stereocenters. The Balaban J connectivity index is 0.00000112. The van der Waals surface area contributed by atoms with Gasteiger partial charge in [0.15, 0.2) is 0 Å². The number of rotatable bonds is 1. The van der Waals surface area contributed by atoms with Crippen LogP contribution in [0.25, 0.3) is 5.69 Å². The summed E-state index contributed by atoms with van der Waals surface area (Å²) in [7, 11) is 0. The van der Waals surface area contributed by atoms with Crippen LogP contribution in [0.3, 0.4) is 0 Å². The SMILES string of the molecule is Cc1[nH]n(-c2ccccc2)c(=O)c1N.Cl. The van der Waals surface area contributed by atoms with Crippen LogP contribution in [-0.2, 0) is 0 Å². The number of H-pyrrole nitrogens is 1. The molecule has 0 bridgehead atoms. The van der Waals surface area contributed by atoms with Crippen molar-refractivity contribution in [3.05, 3.63) is 46.4 Å². The van der Waals surface area contributed by atoms with Gasteiger partial charge in [-0.05, 0) is 19.1 Å². The Morgan fingerprint density at radius 3 is 2.33 bits per heavy atom. The zero-order chi connectivity index (χ0) is 10.1. The number of nitrogen functional groups attached to an aromatic ring is 1. The molecular formula is C10H12ClN3O. The number of aryl methyl sites for hydroxylation is 1. The molecule has 0 atom stereocenters. The molecule has 4 nitrogen and oxygen atoms in total. The number of nitrogens with two attached hydrogens (primary N) is 1. The molecule has 15 heavy (non-hydrogen) atoms. The van der Waals surface area contributed by atoms with E-state index in [9.17, 15) is 4.79 Å². The Hall–Kier alpha value is -1.68. The second-order valence-corrected chi connectivity index (χ2v) is 3.13. The molecule has 0 spiro atoms. The fourth-order valence-electron chi connectivity index (χ4n) is 1.32. The van der Waals surface area contributed by atoms with Crippen molar-refractivity contribution in [1.29, 1.82) is 0 Å². The highest BCUT2D eigenvalue weighted by Gasteiger charge is 2.07. The van der Waals surface area contributed by atoms with E-state index in [-0.39, 0.29) is 23.7 Å². The Morgan fingerprint density at radius 2 is 1.87 bits per heavy atom. The van der Waals surface area contributed by atoms with E-state index in [2.05, 4.69) is 5.10 Å². The average Bonchev–Trinajstić information content (AvgIpc) is 2.47. The Kier molecular flexibility index (Phi) is 3.21. The maximum Gasteiger partial charge on any atom is 0.294 e. The molecule has 2 rings (SSSR count). The molecule has 80 valence electrons. The van der Waals surface area contributed by atoms with Gasteiger partial charge in [-0.2, -0.15) is 0 Å². The standard InChI is InChI=1S/C10H11N3O.ClH/c1-7-9(11)10(14)13(12-7)8-5-3-2-4-6-8;/h2-6,12H,11H2,1H3;1H. The number of nitrogens with one attached hydrogen (secondary N) is 1. The average molecular weight is 226 g/mol. The molecule has 0 saturated carbocycles. The largest absolute Gasteiger partial charge is 0.393 e. The highest BCUT2D eigenvalue weighted by atomic mass is 35.5. The fraction of sp³-hybridized carbons (Fsp3) is 0.100. The molecule has 0 fully saturated rings. The van der Waals surface area contributed by atoms with E-state index in [1.54, 1.807) is 6.92 Å². The summed E-state index contributed by atoms with van der Waals surface area (Å²) in [5.41, 5.74) is 7.13. The van der Waals surface area contributed by atoms with Crippen LogP contribution in [-0.4, -0.2) is 9.78 Å². The maximum absolute atomic E-state index is 11.6. The molecule has 1 aromatic heterocycles. The van der Waals surface area contributed by atoms with Gasteiger partial charge in [0.25, 0.3) is 5.56 Å². The van der Waals surface area contributed by atoms with E-state index in [1.165, 1.54) is 4.68 Å². The topological polar surface area (TPSA) is 63.8 Å². The summed E-state index contributed by atoms with van der Waals surface area (Å²) in [5.74, 6) is 0. The second kappa shape index (κ2) is 4.23. The van der Waals surface area contributed by atoms with E-state index >= 15 is 0 Å². The van der Waals surface area contributed by atoms with Crippen LogP contribution in [0.4, 0.5) is 5.69 Å². The lowest BCUT2D eigenvalue weighted by Crippen LogP contribution is -2.16. The first kappa shape index (κ1) is 11.4. The van der Waals surface area contributed by atoms with Crippen LogP contribution in [0.2, 0.25) is 0 Å². The summed E-state index contributed by atoms with van der Waals surface area (Å²) in [6.07, 6.45) is 0. The van der Waals surface area contributed by atoms with Crippen LogP contribution < -0.4 is 11.3 Å². The summed E-state index contributed by atoms with van der Waals surface area (Å²) in [6.45, 7) is 1.77. The van der Waals surface area contributed by atoms with E-state index in [0.717, 1.165) is 5.69 Å². The molecule has 0 aliphatic rings. The van der Waals surface area contributed by atoms with Gasteiger partial charge in [0.05, 0.1) is 11.4 Å². The van der Waals surface area contributed by atoms with Crippen molar-refractivity contribution in [2.24, 2.45) is 0 Å². The van der Waals surface area contributed by atoms with Crippen molar-refractivity contribution in [2.75, 3.05) is 5.73 Å². The molecule has 1 aromatic carbocycles. The highest BCUT2D eigenvalue weighted by Crippen LogP contribution is 2.06. The first-order valence-electron chi connectivity index (χ1n) is 4.32. The normalized spacial score (nSPS) is 9.67. The lowest BCUT2D eigenvalue weighted by molar-refractivity contribution is 0.835. The summed E-state index contributed by atoms with van der Waals surface area (Å²) in [4.78, 5) is 11.6. The molecule has 1 heterocycles. The molecule has 0 amide bonds. The second-order valence-electron chi connectivity index (χ2n) is 3.13. The summed E-state index contributed by atoms with van der Waals surface area (Å²) >= 11 is 0. The lowest BCUT2D eigenvalue weighted by Gasteiger charge is -1.99. The third-order valence-electron chi connectivity index (χ3n) is 2.13. The van der Waals surface area contributed by atoms with Crippen molar-refractivity contribution in [3.8, 4) is 5.69 Å². The Morgan fingerprint density at radius 1 is 1.27 bits per heavy atom. The van der Waals surface area contributed by atoms with E-state index in [0.29, 0.717) is 5.69 Å². The van der Waals surface area contributed by atoms with Crippen LogP contribution in [0.15, 0.2) is 35.1 Å². The molecule has 3 N–H and O–H groups in total. The first-order valence-corrected chi connectivity index (χ1v) is 4.32. The summed E-state index contributed by atoms with van der Waals surface area (Å²) in [5, 5.41) is 2.91. The summed E-state index contributed by atoms with van der Waals surface area (Å²) in [6, 6.07) is 9.32. The van der Waals surface area contributed by atoms with Gasteiger partial charge in [0, 0.05) is 0 Å². The zero-order valence-corrected chi connectivity index (χ0v) is 9.04. The van der Waals surface area contributed by atoms with Gasteiger partial charge in [-0.3, -0.25) is 9.89 Å². The predicted octanol–water partition coefficient (Wildman–Crippen LogP) is 1.48. The van der Waals surface area contributed by atoms with Gasteiger partial charge in [0.1, 0.15) is 5.69 Å². The lowest BCUT2D eigenvalue weighted by atomic mass is 10.3. The van der Waals surface area contributed by atoms with Crippen molar-refractivity contribution in [2.45, 2.75) is 6.92 Å². The van der Waals surface area contributed by atoms with E-state index in [1.807, 2.05) is 30.3 Å². The van der Waals surface area contributed by atoms with Gasteiger partial charge in [-0.15, -0.1) is 12.4 Å². The van der Waals surface area contributed by atoms with Crippen LogP contribution in [0.1, 0.15) is 5.69 Å². The van der Waals surface area contributed by atoms with Gasteiger partial charge in [-0.1, -0.05) is 18.2 Å². The smallest absolute Gasteiger partial charge is 0.294 e. The highest BCUT2D eigenvalue weighted by molar-refractivity contribution is 5.85. The number of halogens is 1. The van der Waals surface area contributed by atoms with Gasteiger partial charge >= 0.3 is 0 Å². The predicted molar refractivity (Wildman–Crippen MR) is 62.8 cm³/mol. The minimum atomic E-state index is -0.200. The fourth-order valence-corrected chi connectivity index (χ4v) is 1.32. The molecular weight excluding hydrogens is 214 g/mol. The van der Waals surface area contributed by atoms with Crippen molar-refractivity contribution < 1.29 is 0 Å². The summed E-state index contributed by atoms with van der Waals surface area (Å²) < 4.78 is 1.44. The Labute approximate surface area is 93.1 Å². The number of aromatic nitrogens is 2. The zero-order valence-electron chi connectivity index (χ0n) is 8.23. The number of nitrogens with zero attached hydrogens (tertiary/aromatic N) is 1. The van der Waals surface area contributed by atoms with E-state index in [4.69, 9.17) is 5.73 Å². The molecule has 0 saturated heterocycles. The third-order valence-corrected chi connectivity index (χ3v) is 2.13. The van der Waals surface area contributed by atoms with Crippen molar-refractivity contribution >= 4 is 18.1 Å². The number of benzene rings is 1. The monoisotopic (exact) mass is 225 g/mol. The van der Waals surface area contributed by atoms with Gasteiger partial charge in [-0.25, -0.2) is 4.68 Å². The van der Waals surface area contributed by atoms with E-state index < -0.39 is 0 Å². The molecule has 2 aromatic rings. The number of para-hydroxylation sites is 1. The van der Waals surface area contributed by atoms with Crippen LogP contribution >= 0.6 is 12.4 Å². The Bertz CT molecular complexity index is 501. The minimum absolute atomic E-state index is 0. The number of hydrogen-bond acceptors (Lipinski definition) is 2. The minimum Gasteiger partial charge on any atom is -0.393 e. The van der Waals surface area contributed by atoms with Gasteiger partial charge in [0.2, 0.25) is 0 Å². The number of anilines is 1.